The van der Waals surface area contributed by atoms with Gasteiger partial charge in [0.1, 0.15) is 0 Å². The molecule has 1 amide bonds. The van der Waals surface area contributed by atoms with E-state index < -0.39 is 0 Å². The lowest BCUT2D eigenvalue weighted by Crippen LogP contribution is -2.50. The maximum absolute atomic E-state index is 12.2. The van der Waals surface area contributed by atoms with Gasteiger partial charge in [0, 0.05) is 38.1 Å². The summed E-state index contributed by atoms with van der Waals surface area (Å²) in [5, 5.41) is 7.04. The van der Waals surface area contributed by atoms with E-state index in [0.717, 1.165) is 50.9 Å². The summed E-state index contributed by atoms with van der Waals surface area (Å²) >= 11 is 0. The molecule has 2 aliphatic rings. The molecule has 3 rings (SSSR count). The van der Waals surface area contributed by atoms with Crippen molar-refractivity contribution in [3.05, 3.63) is 35.9 Å². The molecular formula is C25H40N4O. The Hall–Kier alpha value is -2.04. The number of likely N-dealkylation sites (tertiary alicyclic amines) is 1. The summed E-state index contributed by atoms with van der Waals surface area (Å²) in [6.45, 7) is 9.55. The number of amides is 1. The molecule has 0 aromatic heterocycles. The number of carbonyl (C=O) groups excluding carboxylic acids is 1. The van der Waals surface area contributed by atoms with Crippen molar-refractivity contribution < 1.29 is 4.79 Å². The highest BCUT2D eigenvalue weighted by molar-refractivity contribution is 5.80. The lowest BCUT2D eigenvalue weighted by molar-refractivity contribution is -0.135. The van der Waals surface area contributed by atoms with Crippen LogP contribution < -0.4 is 10.6 Å². The summed E-state index contributed by atoms with van der Waals surface area (Å²) in [6.07, 6.45) is 7.06. The molecule has 0 unspecified atom stereocenters. The Morgan fingerprint density at radius 2 is 1.73 bits per heavy atom. The van der Waals surface area contributed by atoms with E-state index in [1.165, 1.54) is 31.2 Å². The molecule has 30 heavy (non-hydrogen) atoms. The largest absolute Gasteiger partial charge is 0.357 e. The number of aliphatic imine (C=N–C) groups is 1. The molecule has 1 saturated heterocycles. The standard InChI is InChI=1S/C25H40N4O/c1-4-26-25(28-23-14-16-29(17-15-23)24(30)19(2)3)27-18-20-10-12-22(13-11-20)21-8-6-5-7-9-21/h5-9,19-20,22-23H,4,10-18H2,1-3H3,(H2,26,27,28). The maximum atomic E-state index is 12.2. The van der Waals surface area contributed by atoms with E-state index in [-0.39, 0.29) is 11.8 Å². The van der Waals surface area contributed by atoms with Crippen LogP contribution in [0.5, 0.6) is 0 Å². The summed E-state index contributed by atoms with van der Waals surface area (Å²) < 4.78 is 0. The highest BCUT2D eigenvalue weighted by Gasteiger charge is 2.25. The van der Waals surface area contributed by atoms with Crippen molar-refractivity contribution in [3.8, 4) is 0 Å². The minimum Gasteiger partial charge on any atom is -0.357 e. The first-order chi connectivity index (χ1) is 14.6. The number of carbonyl (C=O) groups is 1. The Bertz CT molecular complexity index is 672. The first kappa shape index (κ1) is 22.6. The van der Waals surface area contributed by atoms with Crippen LogP contribution in [0.3, 0.4) is 0 Å². The molecule has 0 bridgehead atoms. The van der Waals surface area contributed by atoms with Crippen LogP contribution in [0, 0.1) is 11.8 Å². The highest BCUT2D eigenvalue weighted by atomic mass is 16.2. The van der Waals surface area contributed by atoms with Crippen LogP contribution in [0.2, 0.25) is 0 Å². The predicted molar refractivity (Wildman–Crippen MR) is 125 cm³/mol. The van der Waals surface area contributed by atoms with Crippen molar-refractivity contribution in [3.63, 3.8) is 0 Å². The summed E-state index contributed by atoms with van der Waals surface area (Å²) in [5.74, 6) is 2.71. The topological polar surface area (TPSA) is 56.7 Å². The highest BCUT2D eigenvalue weighted by Crippen LogP contribution is 2.35. The van der Waals surface area contributed by atoms with Gasteiger partial charge < -0.3 is 15.5 Å². The third-order valence-electron chi connectivity index (χ3n) is 6.61. The molecule has 0 spiro atoms. The average molecular weight is 413 g/mol. The Kier molecular flexibility index (Phi) is 8.59. The van der Waals surface area contributed by atoms with Crippen LogP contribution >= 0.6 is 0 Å². The van der Waals surface area contributed by atoms with E-state index in [2.05, 4.69) is 47.9 Å². The molecule has 1 saturated carbocycles. The van der Waals surface area contributed by atoms with Crippen molar-refractivity contribution in [1.82, 2.24) is 15.5 Å². The number of hydrogen-bond acceptors (Lipinski definition) is 2. The number of benzene rings is 1. The van der Waals surface area contributed by atoms with E-state index in [0.29, 0.717) is 12.0 Å². The zero-order valence-electron chi connectivity index (χ0n) is 19.1. The van der Waals surface area contributed by atoms with Crippen LogP contribution in [0.4, 0.5) is 0 Å². The van der Waals surface area contributed by atoms with Crippen LogP contribution in [-0.4, -0.2) is 49.0 Å². The molecule has 0 radical (unpaired) electrons. The number of nitrogens with zero attached hydrogens (tertiary/aromatic N) is 2. The van der Waals surface area contributed by atoms with Crippen LogP contribution in [0.1, 0.15) is 70.8 Å². The van der Waals surface area contributed by atoms with E-state index >= 15 is 0 Å². The van der Waals surface area contributed by atoms with Crippen molar-refractivity contribution in [2.24, 2.45) is 16.8 Å². The third kappa shape index (κ3) is 6.48. The molecule has 1 aromatic carbocycles. The van der Waals surface area contributed by atoms with E-state index in [4.69, 9.17) is 4.99 Å². The number of piperidine rings is 1. The van der Waals surface area contributed by atoms with Gasteiger partial charge in [0.25, 0.3) is 0 Å². The Morgan fingerprint density at radius 3 is 2.33 bits per heavy atom. The van der Waals surface area contributed by atoms with Crippen molar-refractivity contribution in [2.45, 2.75) is 71.3 Å². The Balaban J connectivity index is 1.44. The number of guanidine groups is 1. The normalized spacial score (nSPS) is 23.5. The zero-order valence-corrected chi connectivity index (χ0v) is 19.1. The first-order valence-electron chi connectivity index (χ1n) is 11.9. The number of hydrogen-bond donors (Lipinski definition) is 2. The molecule has 1 aliphatic carbocycles. The Labute approximate surface area is 182 Å². The molecule has 1 aliphatic heterocycles. The van der Waals surface area contributed by atoms with Gasteiger partial charge in [-0.3, -0.25) is 9.79 Å². The molecule has 2 N–H and O–H groups in total. The smallest absolute Gasteiger partial charge is 0.225 e. The molecule has 5 heteroatoms. The number of rotatable bonds is 6. The summed E-state index contributed by atoms with van der Waals surface area (Å²) in [6, 6.07) is 11.4. The first-order valence-corrected chi connectivity index (χ1v) is 11.9. The van der Waals surface area contributed by atoms with Gasteiger partial charge in [0.05, 0.1) is 0 Å². The van der Waals surface area contributed by atoms with Gasteiger partial charge in [-0.15, -0.1) is 0 Å². The van der Waals surface area contributed by atoms with E-state index in [1.807, 2.05) is 18.7 Å². The molecule has 2 fully saturated rings. The predicted octanol–water partition coefficient (Wildman–Crippen LogP) is 4.16. The molecule has 5 nitrogen and oxygen atoms in total. The second-order valence-corrected chi connectivity index (χ2v) is 9.25. The fourth-order valence-electron chi connectivity index (χ4n) is 4.75. The van der Waals surface area contributed by atoms with Crippen molar-refractivity contribution in [1.29, 1.82) is 0 Å². The zero-order chi connectivity index (χ0) is 21.3. The lowest BCUT2D eigenvalue weighted by atomic mass is 9.79. The van der Waals surface area contributed by atoms with Gasteiger partial charge in [0.15, 0.2) is 5.96 Å². The number of nitrogens with one attached hydrogen (secondary N) is 2. The summed E-state index contributed by atoms with van der Waals surface area (Å²) in [4.78, 5) is 19.1. The molecule has 0 atom stereocenters. The van der Waals surface area contributed by atoms with Gasteiger partial charge in [0.2, 0.25) is 5.91 Å². The van der Waals surface area contributed by atoms with Gasteiger partial charge in [-0.1, -0.05) is 44.2 Å². The SMILES string of the molecule is CCNC(=NCC1CCC(c2ccccc2)CC1)NC1CCN(C(=O)C(C)C)CC1. The maximum Gasteiger partial charge on any atom is 0.225 e. The third-order valence-corrected chi connectivity index (χ3v) is 6.61. The van der Waals surface area contributed by atoms with Crippen LogP contribution in [0.25, 0.3) is 0 Å². The molecule has 1 aromatic rings. The summed E-state index contributed by atoms with van der Waals surface area (Å²) in [7, 11) is 0. The van der Waals surface area contributed by atoms with Crippen molar-refractivity contribution in [2.75, 3.05) is 26.2 Å². The Morgan fingerprint density at radius 1 is 1.07 bits per heavy atom. The van der Waals surface area contributed by atoms with Crippen molar-refractivity contribution >= 4 is 11.9 Å². The van der Waals surface area contributed by atoms with Gasteiger partial charge >= 0.3 is 0 Å². The lowest BCUT2D eigenvalue weighted by Gasteiger charge is -2.34. The minimum atomic E-state index is 0.0883. The fourth-order valence-corrected chi connectivity index (χ4v) is 4.75. The van der Waals surface area contributed by atoms with Crippen LogP contribution in [-0.2, 0) is 4.79 Å². The van der Waals surface area contributed by atoms with E-state index in [9.17, 15) is 4.79 Å². The molecular weight excluding hydrogens is 372 g/mol. The quantitative estimate of drug-likeness (QED) is 0.545. The second kappa shape index (κ2) is 11.4. The molecule has 1 heterocycles. The fraction of sp³-hybridized carbons (Fsp3) is 0.680. The van der Waals surface area contributed by atoms with E-state index in [1.54, 1.807) is 0 Å². The molecule has 166 valence electrons. The van der Waals surface area contributed by atoms with Gasteiger partial charge in [-0.2, -0.15) is 0 Å². The van der Waals surface area contributed by atoms with Gasteiger partial charge in [-0.05, 0) is 62.8 Å². The average Bonchev–Trinajstić information content (AvgIpc) is 2.78. The minimum absolute atomic E-state index is 0.0883. The van der Waals surface area contributed by atoms with Crippen LogP contribution in [0.15, 0.2) is 35.3 Å². The summed E-state index contributed by atoms with van der Waals surface area (Å²) in [5.41, 5.74) is 1.50. The second-order valence-electron chi connectivity index (χ2n) is 9.25. The van der Waals surface area contributed by atoms with Gasteiger partial charge in [-0.25, -0.2) is 0 Å². The monoisotopic (exact) mass is 412 g/mol.